The van der Waals surface area contributed by atoms with Gasteiger partial charge in [0.1, 0.15) is 17.1 Å². The first-order valence-electron chi connectivity index (χ1n) is 6.30. The zero-order valence-corrected chi connectivity index (χ0v) is 11.6. The molecule has 21 heavy (non-hydrogen) atoms. The van der Waals surface area contributed by atoms with Crippen LogP contribution >= 0.6 is 0 Å². The van der Waals surface area contributed by atoms with Gasteiger partial charge < -0.3 is 14.5 Å². The highest BCUT2D eigenvalue weighted by Crippen LogP contribution is 2.29. The molecule has 0 saturated carbocycles. The van der Waals surface area contributed by atoms with Crippen LogP contribution in [0, 0.1) is 0 Å². The van der Waals surface area contributed by atoms with Crippen LogP contribution in [0.1, 0.15) is 10.4 Å². The van der Waals surface area contributed by atoms with Gasteiger partial charge in [-0.05, 0) is 18.2 Å². The lowest BCUT2D eigenvalue weighted by molar-refractivity contribution is 0.0603. The van der Waals surface area contributed by atoms with Crippen LogP contribution in [-0.4, -0.2) is 35.1 Å². The topological polar surface area (TPSA) is 77.1 Å². The molecule has 3 rings (SSSR count). The van der Waals surface area contributed by atoms with Crippen molar-refractivity contribution in [3.05, 3.63) is 42.2 Å². The van der Waals surface area contributed by atoms with Gasteiger partial charge >= 0.3 is 5.97 Å². The largest absolute Gasteiger partial charge is 0.494 e. The summed E-state index contributed by atoms with van der Waals surface area (Å²) < 4.78 is 10.1. The fraction of sp³-hybridized carbons (Fsp3) is 0.133. The smallest absolute Gasteiger partial charge is 0.340 e. The minimum Gasteiger partial charge on any atom is -0.494 e. The van der Waals surface area contributed by atoms with Crippen LogP contribution in [0.25, 0.3) is 22.4 Å². The van der Waals surface area contributed by atoms with Gasteiger partial charge in [0.15, 0.2) is 0 Å². The Morgan fingerprint density at radius 3 is 2.86 bits per heavy atom. The van der Waals surface area contributed by atoms with Crippen LogP contribution in [0.15, 0.2) is 36.7 Å². The number of aromatic amines is 1. The van der Waals surface area contributed by atoms with Gasteiger partial charge in [-0.2, -0.15) is 0 Å². The number of H-pyrrole nitrogens is 1. The van der Waals surface area contributed by atoms with Gasteiger partial charge in [-0.15, -0.1) is 0 Å². The Morgan fingerprint density at radius 1 is 1.24 bits per heavy atom. The summed E-state index contributed by atoms with van der Waals surface area (Å²) in [4.78, 5) is 23.5. The summed E-state index contributed by atoms with van der Waals surface area (Å²) >= 11 is 0. The summed E-state index contributed by atoms with van der Waals surface area (Å²) in [5.74, 6) is 0.803. The molecule has 2 heterocycles. The maximum absolute atomic E-state index is 11.8. The molecule has 0 saturated heterocycles. The number of nitrogens with one attached hydrogen (secondary N) is 1. The van der Waals surface area contributed by atoms with E-state index in [1.165, 1.54) is 7.11 Å². The van der Waals surface area contributed by atoms with Gasteiger partial charge in [-0.3, -0.25) is 4.98 Å². The highest BCUT2D eigenvalue weighted by molar-refractivity contribution is 6.02. The third kappa shape index (κ3) is 2.20. The number of rotatable bonds is 3. The number of pyridine rings is 1. The second-order valence-electron chi connectivity index (χ2n) is 4.35. The number of aromatic nitrogens is 3. The second-order valence-corrected chi connectivity index (χ2v) is 4.35. The molecule has 0 radical (unpaired) electrons. The number of carbonyl (C=O) groups excluding carboxylic acids is 1. The Balaban J connectivity index is 2.20. The first kappa shape index (κ1) is 13.1. The molecule has 0 amide bonds. The molecule has 6 heteroatoms. The number of esters is 1. The van der Waals surface area contributed by atoms with E-state index in [2.05, 4.69) is 15.0 Å². The number of fused-ring (bicyclic) bond motifs is 1. The quantitative estimate of drug-likeness (QED) is 0.747. The molecule has 0 bridgehead atoms. The number of methoxy groups -OCH3 is 2. The van der Waals surface area contributed by atoms with Crippen molar-refractivity contribution in [1.82, 2.24) is 15.0 Å². The summed E-state index contributed by atoms with van der Waals surface area (Å²) in [5, 5.41) is 0. The van der Waals surface area contributed by atoms with E-state index in [0.717, 1.165) is 11.1 Å². The number of nitrogens with zero attached hydrogens (tertiary/aromatic N) is 2. The predicted octanol–water partition coefficient (Wildman–Crippen LogP) is 2.42. The van der Waals surface area contributed by atoms with E-state index >= 15 is 0 Å². The fourth-order valence-electron chi connectivity index (χ4n) is 2.17. The molecular weight excluding hydrogens is 270 g/mol. The van der Waals surface area contributed by atoms with Crippen molar-refractivity contribution < 1.29 is 14.3 Å². The van der Waals surface area contributed by atoms with E-state index in [-0.39, 0.29) is 0 Å². The molecule has 2 aromatic heterocycles. The van der Waals surface area contributed by atoms with E-state index in [0.29, 0.717) is 22.7 Å². The number of hydrogen-bond acceptors (Lipinski definition) is 5. The molecule has 0 aliphatic heterocycles. The fourth-order valence-corrected chi connectivity index (χ4v) is 2.17. The number of imidazole rings is 1. The van der Waals surface area contributed by atoms with Crippen molar-refractivity contribution in [2.24, 2.45) is 0 Å². The summed E-state index contributed by atoms with van der Waals surface area (Å²) in [6, 6.07) is 7.11. The Labute approximate surface area is 120 Å². The molecule has 0 spiro atoms. The Bertz CT molecular complexity index is 811. The zero-order chi connectivity index (χ0) is 14.8. The van der Waals surface area contributed by atoms with Crippen molar-refractivity contribution in [2.75, 3.05) is 14.2 Å². The highest BCUT2D eigenvalue weighted by Gasteiger charge is 2.16. The Morgan fingerprint density at radius 2 is 2.10 bits per heavy atom. The Kier molecular flexibility index (Phi) is 3.27. The van der Waals surface area contributed by atoms with Gasteiger partial charge in [0.05, 0.1) is 37.1 Å². The number of benzene rings is 1. The van der Waals surface area contributed by atoms with E-state index in [9.17, 15) is 4.79 Å². The molecular formula is C15H13N3O3. The molecule has 0 atom stereocenters. The second kappa shape index (κ2) is 5.24. The first-order valence-corrected chi connectivity index (χ1v) is 6.30. The van der Waals surface area contributed by atoms with Crippen molar-refractivity contribution >= 4 is 17.0 Å². The van der Waals surface area contributed by atoms with Crippen molar-refractivity contribution in [1.29, 1.82) is 0 Å². The molecule has 0 aliphatic carbocycles. The van der Waals surface area contributed by atoms with Crippen LogP contribution in [-0.2, 0) is 4.74 Å². The van der Waals surface area contributed by atoms with Gasteiger partial charge in [0.25, 0.3) is 0 Å². The number of para-hydroxylation sites is 1. The average Bonchev–Trinajstić information content (AvgIpc) is 2.97. The Hall–Kier alpha value is -2.89. The van der Waals surface area contributed by atoms with Gasteiger partial charge in [0, 0.05) is 6.20 Å². The normalized spacial score (nSPS) is 10.6. The van der Waals surface area contributed by atoms with Crippen molar-refractivity contribution in [3.63, 3.8) is 0 Å². The number of ether oxygens (including phenoxy) is 2. The molecule has 6 nitrogen and oxygen atoms in total. The molecule has 1 N–H and O–H groups in total. The van der Waals surface area contributed by atoms with Crippen molar-refractivity contribution in [3.8, 4) is 17.1 Å². The van der Waals surface area contributed by atoms with Crippen LogP contribution < -0.4 is 4.74 Å². The van der Waals surface area contributed by atoms with Crippen LogP contribution in [0.3, 0.4) is 0 Å². The standard InChI is InChI=1S/C15H13N3O3/c1-20-12-8-16-7-6-9(12)14-17-11-5-3-4-10(13(11)18-14)15(19)21-2/h3-8H,1-2H3,(H,17,18). The highest BCUT2D eigenvalue weighted by atomic mass is 16.5. The molecule has 106 valence electrons. The van der Waals surface area contributed by atoms with Crippen LogP contribution in [0.4, 0.5) is 0 Å². The third-order valence-corrected chi connectivity index (χ3v) is 3.18. The number of hydrogen-bond donors (Lipinski definition) is 1. The van der Waals surface area contributed by atoms with Gasteiger partial charge in [-0.1, -0.05) is 6.07 Å². The zero-order valence-electron chi connectivity index (χ0n) is 11.6. The lowest BCUT2D eigenvalue weighted by Crippen LogP contribution is -2.01. The lowest BCUT2D eigenvalue weighted by atomic mass is 10.2. The molecule has 0 aliphatic rings. The van der Waals surface area contributed by atoms with E-state index in [4.69, 9.17) is 9.47 Å². The number of carbonyl (C=O) groups is 1. The SMILES string of the molecule is COC(=O)c1cccc2[nH]c(-c3ccncc3OC)nc12. The van der Waals surface area contributed by atoms with Crippen LogP contribution in [0.5, 0.6) is 5.75 Å². The summed E-state index contributed by atoms with van der Waals surface area (Å²) in [5.41, 5.74) is 2.52. The van der Waals surface area contributed by atoms with Crippen LogP contribution in [0.2, 0.25) is 0 Å². The predicted molar refractivity (Wildman–Crippen MR) is 77.2 cm³/mol. The third-order valence-electron chi connectivity index (χ3n) is 3.18. The van der Waals surface area contributed by atoms with Gasteiger partial charge in [-0.25, -0.2) is 9.78 Å². The van der Waals surface area contributed by atoms with Crippen molar-refractivity contribution in [2.45, 2.75) is 0 Å². The maximum atomic E-state index is 11.8. The minimum atomic E-state index is -0.416. The summed E-state index contributed by atoms with van der Waals surface area (Å²) in [7, 11) is 2.92. The van der Waals surface area contributed by atoms with E-state index in [1.807, 2.05) is 6.07 Å². The molecule has 3 aromatic rings. The molecule has 0 fully saturated rings. The summed E-state index contributed by atoms with van der Waals surface area (Å²) in [6.45, 7) is 0. The van der Waals surface area contributed by atoms with E-state index in [1.54, 1.807) is 37.7 Å². The molecule has 0 unspecified atom stereocenters. The maximum Gasteiger partial charge on any atom is 0.340 e. The lowest BCUT2D eigenvalue weighted by Gasteiger charge is -2.03. The van der Waals surface area contributed by atoms with E-state index < -0.39 is 5.97 Å². The average molecular weight is 283 g/mol. The summed E-state index contributed by atoms with van der Waals surface area (Å²) in [6.07, 6.45) is 3.27. The molecule has 1 aromatic carbocycles. The monoisotopic (exact) mass is 283 g/mol. The van der Waals surface area contributed by atoms with Gasteiger partial charge in [0.2, 0.25) is 0 Å². The minimum absolute atomic E-state index is 0.416. The first-order chi connectivity index (χ1) is 10.2.